The molecule has 2 aromatic rings. The van der Waals surface area contributed by atoms with Crippen LogP contribution in [0.4, 0.5) is 5.69 Å². The first-order valence-corrected chi connectivity index (χ1v) is 7.28. The molecular formula is C17H16ClNO. The highest BCUT2D eigenvalue weighted by Crippen LogP contribution is 2.26. The third-order valence-electron chi connectivity index (χ3n) is 3.70. The van der Waals surface area contributed by atoms with Crippen LogP contribution in [0.25, 0.3) is 0 Å². The third kappa shape index (κ3) is 2.56. The highest BCUT2D eigenvalue weighted by molar-refractivity contribution is 6.30. The summed E-state index contributed by atoms with van der Waals surface area (Å²) in [5, 5.41) is 0.648. The molecule has 0 aromatic heterocycles. The Morgan fingerprint density at radius 3 is 2.30 bits per heavy atom. The molecule has 102 valence electrons. The van der Waals surface area contributed by atoms with Crippen LogP contribution in [0.15, 0.2) is 48.5 Å². The summed E-state index contributed by atoms with van der Waals surface area (Å²) in [5.74, 6) is 0.0594. The Labute approximate surface area is 124 Å². The van der Waals surface area contributed by atoms with Gasteiger partial charge in [-0.15, -0.1) is 0 Å². The van der Waals surface area contributed by atoms with E-state index in [-0.39, 0.29) is 5.78 Å². The second-order valence-electron chi connectivity index (χ2n) is 5.05. The van der Waals surface area contributed by atoms with Crippen molar-refractivity contribution in [1.82, 2.24) is 0 Å². The summed E-state index contributed by atoms with van der Waals surface area (Å²) >= 11 is 5.88. The number of anilines is 1. The first-order chi connectivity index (χ1) is 9.75. The first kappa shape index (κ1) is 13.2. The number of hydrogen-bond acceptors (Lipinski definition) is 2. The minimum absolute atomic E-state index is 0.0594. The van der Waals surface area contributed by atoms with Gasteiger partial charge in [0.2, 0.25) is 0 Å². The smallest absolute Gasteiger partial charge is 0.195 e. The third-order valence-corrected chi connectivity index (χ3v) is 3.95. The van der Waals surface area contributed by atoms with Crippen molar-refractivity contribution in [3.05, 3.63) is 64.7 Å². The van der Waals surface area contributed by atoms with Gasteiger partial charge in [0.15, 0.2) is 5.78 Å². The number of hydrogen-bond donors (Lipinski definition) is 0. The molecule has 0 bridgehead atoms. The van der Waals surface area contributed by atoms with Gasteiger partial charge in [0.25, 0.3) is 0 Å². The molecule has 0 amide bonds. The number of para-hydroxylation sites is 1. The number of ketones is 1. The van der Waals surface area contributed by atoms with Gasteiger partial charge in [0, 0.05) is 34.9 Å². The maximum absolute atomic E-state index is 12.7. The predicted octanol–water partition coefficient (Wildman–Crippen LogP) is 4.17. The van der Waals surface area contributed by atoms with Gasteiger partial charge in [0.05, 0.1) is 0 Å². The van der Waals surface area contributed by atoms with Crippen LogP contribution in [0.3, 0.4) is 0 Å². The molecule has 1 fully saturated rings. The minimum Gasteiger partial charge on any atom is -0.371 e. The molecule has 1 aliphatic heterocycles. The van der Waals surface area contributed by atoms with E-state index in [1.807, 2.05) is 24.3 Å². The number of halogens is 1. The van der Waals surface area contributed by atoms with E-state index in [9.17, 15) is 4.79 Å². The first-order valence-electron chi connectivity index (χ1n) is 6.90. The largest absolute Gasteiger partial charge is 0.371 e. The molecule has 0 saturated carbocycles. The van der Waals surface area contributed by atoms with Gasteiger partial charge in [-0.05, 0) is 49.2 Å². The van der Waals surface area contributed by atoms with E-state index in [0.717, 1.165) is 24.3 Å². The van der Waals surface area contributed by atoms with Crippen LogP contribution in [-0.4, -0.2) is 18.9 Å². The van der Waals surface area contributed by atoms with Crippen molar-refractivity contribution in [2.45, 2.75) is 12.8 Å². The SMILES string of the molecule is O=C(c1ccc(Cl)cc1)c1ccccc1N1CCCC1. The van der Waals surface area contributed by atoms with Crippen molar-refractivity contribution in [2.75, 3.05) is 18.0 Å². The van der Waals surface area contributed by atoms with Crippen LogP contribution in [0.2, 0.25) is 5.02 Å². The second kappa shape index (κ2) is 5.68. The molecule has 0 N–H and O–H groups in total. The molecule has 1 saturated heterocycles. The van der Waals surface area contributed by atoms with Crippen LogP contribution >= 0.6 is 11.6 Å². The Morgan fingerprint density at radius 2 is 1.60 bits per heavy atom. The van der Waals surface area contributed by atoms with Gasteiger partial charge in [-0.25, -0.2) is 0 Å². The number of rotatable bonds is 3. The van der Waals surface area contributed by atoms with E-state index < -0.39 is 0 Å². The van der Waals surface area contributed by atoms with Crippen molar-refractivity contribution >= 4 is 23.1 Å². The number of nitrogens with zero attached hydrogens (tertiary/aromatic N) is 1. The summed E-state index contributed by atoms with van der Waals surface area (Å²) in [6, 6.07) is 14.9. The molecular weight excluding hydrogens is 270 g/mol. The molecule has 0 radical (unpaired) electrons. The Hall–Kier alpha value is -1.80. The summed E-state index contributed by atoms with van der Waals surface area (Å²) in [7, 11) is 0. The average molecular weight is 286 g/mol. The van der Waals surface area contributed by atoms with Crippen molar-refractivity contribution in [1.29, 1.82) is 0 Å². The zero-order valence-corrected chi connectivity index (χ0v) is 11.9. The molecule has 0 aliphatic carbocycles. The summed E-state index contributed by atoms with van der Waals surface area (Å²) < 4.78 is 0. The fraction of sp³-hybridized carbons (Fsp3) is 0.235. The molecule has 2 nitrogen and oxygen atoms in total. The molecule has 1 heterocycles. The predicted molar refractivity (Wildman–Crippen MR) is 82.8 cm³/mol. The van der Waals surface area contributed by atoms with Crippen molar-refractivity contribution in [3.8, 4) is 0 Å². The molecule has 0 unspecified atom stereocenters. The fourth-order valence-corrected chi connectivity index (χ4v) is 2.78. The molecule has 2 aromatic carbocycles. The minimum atomic E-state index is 0.0594. The van der Waals surface area contributed by atoms with Gasteiger partial charge in [-0.3, -0.25) is 4.79 Å². The Bertz CT molecular complexity index is 615. The van der Waals surface area contributed by atoms with Crippen molar-refractivity contribution in [2.24, 2.45) is 0 Å². The lowest BCUT2D eigenvalue weighted by Gasteiger charge is -2.20. The highest BCUT2D eigenvalue weighted by Gasteiger charge is 2.19. The normalized spacial score (nSPS) is 14.6. The van der Waals surface area contributed by atoms with Gasteiger partial charge in [-0.1, -0.05) is 23.7 Å². The molecule has 0 spiro atoms. The van der Waals surface area contributed by atoms with Gasteiger partial charge in [-0.2, -0.15) is 0 Å². The highest BCUT2D eigenvalue weighted by atomic mass is 35.5. The Kier molecular flexibility index (Phi) is 3.75. The average Bonchev–Trinajstić information content (AvgIpc) is 3.01. The molecule has 1 aliphatic rings. The Balaban J connectivity index is 1.97. The Morgan fingerprint density at radius 1 is 0.950 bits per heavy atom. The lowest BCUT2D eigenvalue weighted by atomic mass is 10.0. The number of carbonyl (C=O) groups is 1. The monoisotopic (exact) mass is 285 g/mol. The summed E-state index contributed by atoms with van der Waals surface area (Å²) in [6.45, 7) is 2.07. The van der Waals surface area contributed by atoms with E-state index in [0.29, 0.717) is 10.6 Å². The van der Waals surface area contributed by atoms with E-state index >= 15 is 0 Å². The van der Waals surface area contributed by atoms with Crippen LogP contribution in [0.1, 0.15) is 28.8 Å². The molecule has 20 heavy (non-hydrogen) atoms. The fourth-order valence-electron chi connectivity index (χ4n) is 2.66. The van der Waals surface area contributed by atoms with E-state index in [1.165, 1.54) is 12.8 Å². The lowest BCUT2D eigenvalue weighted by Crippen LogP contribution is -2.20. The van der Waals surface area contributed by atoms with Crippen LogP contribution in [0.5, 0.6) is 0 Å². The van der Waals surface area contributed by atoms with Crippen molar-refractivity contribution < 1.29 is 4.79 Å². The quantitative estimate of drug-likeness (QED) is 0.789. The van der Waals surface area contributed by atoms with Gasteiger partial charge in [0.1, 0.15) is 0 Å². The maximum atomic E-state index is 12.7. The number of carbonyl (C=O) groups excluding carboxylic acids is 1. The standard InChI is InChI=1S/C17H16ClNO/c18-14-9-7-13(8-10-14)17(20)15-5-1-2-6-16(15)19-11-3-4-12-19/h1-2,5-10H,3-4,11-12H2. The molecule has 0 atom stereocenters. The summed E-state index contributed by atoms with van der Waals surface area (Å²) in [6.07, 6.45) is 2.40. The second-order valence-corrected chi connectivity index (χ2v) is 5.48. The van der Waals surface area contributed by atoms with Crippen LogP contribution in [-0.2, 0) is 0 Å². The lowest BCUT2D eigenvalue weighted by molar-refractivity contribution is 0.103. The van der Waals surface area contributed by atoms with Crippen molar-refractivity contribution in [3.63, 3.8) is 0 Å². The zero-order chi connectivity index (χ0) is 13.9. The topological polar surface area (TPSA) is 20.3 Å². The van der Waals surface area contributed by atoms with Crippen LogP contribution < -0.4 is 4.90 Å². The van der Waals surface area contributed by atoms with E-state index in [4.69, 9.17) is 11.6 Å². The number of benzene rings is 2. The van der Waals surface area contributed by atoms with Crippen LogP contribution in [0, 0.1) is 0 Å². The summed E-state index contributed by atoms with van der Waals surface area (Å²) in [5.41, 5.74) is 2.50. The zero-order valence-electron chi connectivity index (χ0n) is 11.2. The van der Waals surface area contributed by atoms with Gasteiger partial charge < -0.3 is 4.90 Å². The molecule has 3 rings (SSSR count). The maximum Gasteiger partial charge on any atom is 0.195 e. The van der Waals surface area contributed by atoms with E-state index in [2.05, 4.69) is 4.90 Å². The van der Waals surface area contributed by atoms with Gasteiger partial charge >= 0.3 is 0 Å². The summed E-state index contributed by atoms with van der Waals surface area (Å²) in [4.78, 5) is 15.0. The van der Waals surface area contributed by atoms with E-state index in [1.54, 1.807) is 24.3 Å². The molecule has 3 heteroatoms.